The van der Waals surface area contributed by atoms with Gasteiger partial charge in [0.2, 0.25) is 5.91 Å². The minimum atomic E-state index is -0.0603. The van der Waals surface area contributed by atoms with E-state index in [1.165, 1.54) is 31.3 Å². The van der Waals surface area contributed by atoms with Gasteiger partial charge in [0.15, 0.2) is 11.5 Å². The van der Waals surface area contributed by atoms with Crippen molar-refractivity contribution in [2.75, 3.05) is 32.6 Å². The zero-order chi connectivity index (χ0) is 16.5. The molecule has 1 aromatic rings. The van der Waals surface area contributed by atoms with Crippen LogP contribution in [0.5, 0.6) is 11.5 Å². The van der Waals surface area contributed by atoms with Crippen molar-refractivity contribution in [2.24, 2.45) is 0 Å². The highest BCUT2D eigenvalue weighted by Gasteiger charge is 2.08. The van der Waals surface area contributed by atoms with Gasteiger partial charge < -0.3 is 20.1 Å². The largest absolute Gasteiger partial charge is 0.493 e. The van der Waals surface area contributed by atoms with Gasteiger partial charge in [0.25, 0.3) is 0 Å². The molecule has 2 rings (SSSR count). The number of carbonyl (C=O) groups is 1. The molecule has 126 valence electrons. The molecule has 5 heteroatoms. The minimum absolute atomic E-state index is 0.0603. The van der Waals surface area contributed by atoms with Crippen LogP contribution in [-0.4, -0.2) is 33.2 Å². The summed E-state index contributed by atoms with van der Waals surface area (Å²) in [4.78, 5) is 12.0. The van der Waals surface area contributed by atoms with E-state index in [-0.39, 0.29) is 5.91 Å². The Bertz CT molecular complexity index is 555. The fraction of sp³-hybridized carbons (Fsp3) is 0.500. The lowest BCUT2D eigenvalue weighted by atomic mass is 9.97. The van der Waals surface area contributed by atoms with E-state index in [0.717, 1.165) is 13.0 Å². The number of allylic oxidation sites excluding steroid dienone is 1. The van der Waals surface area contributed by atoms with Crippen molar-refractivity contribution in [3.8, 4) is 11.5 Å². The Kier molecular flexibility index (Phi) is 6.94. The van der Waals surface area contributed by atoms with Gasteiger partial charge in [-0.25, -0.2) is 0 Å². The molecule has 0 fully saturated rings. The highest BCUT2D eigenvalue weighted by Crippen LogP contribution is 2.29. The summed E-state index contributed by atoms with van der Waals surface area (Å²) in [5, 5.41) is 6.05. The molecular formula is C18H26N2O3. The molecule has 5 nitrogen and oxygen atoms in total. The molecule has 0 saturated carbocycles. The lowest BCUT2D eigenvalue weighted by Gasteiger charge is -2.13. The number of amides is 1. The maximum absolute atomic E-state index is 12.0. The zero-order valence-electron chi connectivity index (χ0n) is 14.0. The van der Waals surface area contributed by atoms with Gasteiger partial charge in [0.05, 0.1) is 20.8 Å². The Hall–Kier alpha value is -2.01. The van der Waals surface area contributed by atoms with Crippen molar-refractivity contribution in [2.45, 2.75) is 32.1 Å². The quantitative estimate of drug-likeness (QED) is 0.571. The second-order valence-electron chi connectivity index (χ2n) is 5.65. The minimum Gasteiger partial charge on any atom is -0.493 e. The number of carbonyl (C=O) groups excluding carboxylic acids is 1. The van der Waals surface area contributed by atoms with E-state index in [0.29, 0.717) is 23.7 Å². The fourth-order valence-corrected chi connectivity index (χ4v) is 2.70. The van der Waals surface area contributed by atoms with Gasteiger partial charge >= 0.3 is 0 Å². The van der Waals surface area contributed by atoms with E-state index in [4.69, 9.17) is 9.47 Å². The summed E-state index contributed by atoms with van der Waals surface area (Å²) in [5.41, 5.74) is 2.22. The predicted octanol–water partition coefficient (Wildman–Crippen LogP) is 3.12. The van der Waals surface area contributed by atoms with E-state index in [2.05, 4.69) is 16.7 Å². The number of nitrogens with one attached hydrogen (secondary N) is 2. The first-order valence-electron chi connectivity index (χ1n) is 8.13. The van der Waals surface area contributed by atoms with Crippen molar-refractivity contribution in [3.63, 3.8) is 0 Å². The Morgan fingerprint density at radius 2 is 2.00 bits per heavy atom. The van der Waals surface area contributed by atoms with Gasteiger partial charge in [-0.05, 0) is 50.8 Å². The van der Waals surface area contributed by atoms with Crippen LogP contribution in [0.3, 0.4) is 0 Å². The molecule has 0 bridgehead atoms. The average Bonchev–Trinajstić information content (AvgIpc) is 2.59. The molecule has 2 N–H and O–H groups in total. The molecular weight excluding hydrogens is 292 g/mol. The summed E-state index contributed by atoms with van der Waals surface area (Å²) >= 11 is 0. The van der Waals surface area contributed by atoms with Crippen LogP contribution in [-0.2, 0) is 4.79 Å². The Labute approximate surface area is 138 Å². The number of methoxy groups -OCH3 is 2. The maximum atomic E-state index is 12.0. The first-order valence-corrected chi connectivity index (χ1v) is 8.13. The number of ether oxygens (including phenoxy) is 2. The van der Waals surface area contributed by atoms with Gasteiger partial charge in [-0.15, -0.1) is 0 Å². The lowest BCUT2D eigenvalue weighted by Crippen LogP contribution is -2.29. The Morgan fingerprint density at radius 3 is 2.70 bits per heavy atom. The molecule has 0 spiro atoms. The summed E-state index contributed by atoms with van der Waals surface area (Å²) in [5.74, 6) is 1.18. The van der Waals surface area contributed by atoms with Gasteiger partial charge in [-0.3, -0.25) is 4.79 Å². The van der Waals surface area contributed by atoms with Crippen LogP contribution in [0, 0.1) is 0 Å². The highest BCUT2D eigenvalue weighted by atomic mass is 16.5. The third kappa shape index (κ3) is 5.60. The first kappa shape index (κ1) is 17.3. The summed E-state index contributed by atoms with van der Waals surface area (Å²) in [6, 6.07) is 5.33. The number of anilines is 1. The normalized spacial score (nSPS) is 14.1. The van der Waals surface area contributed by atoms with Crippen LogP contribution in [0.2, 0.25) is 0 Å². The molecule has 0 atom stereocenters. The van der Waals surface area contributed by atoms with Gasteiger partial charge in [0.1, 0.15) is 0 Å². The van der Waals surface area contributed by atoms with Gasteiger partial charge in [-0.2, -0.15) is 0 Å². The van der Waals surface area contributed by atoms with E-state index in [1.54, 1.807) is 32.4 Å². The lowest BCUT2D eigenvalue weighted by molar-refractivity contribution is -0.115. The summed E-state index contributed by atoms with van der Waals surface area (Å²) in [7, 11) is 3.16. The van der Waals surface area contributed by atoms with Crippen molar-refractivity contribution >= 4 is 11.6 Å². The Balaban J connectivity index is 1.73. The average molecular weight is 318 g/mol. The highest BCUT2D eigenvalue weighted by molar-refractivity contribution is 5.92. The standard InChI is InChI=1S/C18H26N2O3/c1-22-16-9-8-15(12-17(16)23-2)20-18(21)13-19-11-10-14-6-4-3-5-7-14/h6,8-9,12,19H,3-5,7,10-11,13H2,1-2H3,(H,20,21). The van der Waals surface area contributed by atoms with E-state index in [9.17, 15) is 4.79 Å². The van der Waals surface area contributed by atoms with Crippen molar-refractivity contribution in [1.29, 1.82) is 0 Å². The SMILES string of the molecule is COc1ccc(NC(=O)CNCCC2=CCCCC2)cc1OC. The Morgan fingerprint density at radius 1 is 1.17 bits per heavy atom. The maximum Gasteiger partial charge on any atom is 0.238 e. The van der Waals surface area contributed by atoms with Crippen molar-refractivity contribution in [3.05, 3.63) is 29.8 Å². The molecule has 0 aromatic heterocycles. The number of benzene rings is 1. The van der Waals surface area contributed by atoms with Gasteiger partial charge in [0, 0.05) is 11.8 Å². The number of hydrogen-bond donors (Lipinski definition) is 2. The van der Waals surface area contributed by atoms with Crippen LogP contribution in [0.25, 0.3) is 0 Å². The molecule has 1 aliphatic carbocycles. The van der Waals surface area contributed by atoms with Crippen molar-refractivity contribution < 1.29 is 14.3 Å². The molecule has 0 heterocycles. The summed E-state index contributed by atoms with van der Waals surface area (Å²) in [6.07, 6.45) is 8.39. The molecule has 1 aliphatic rings. The second-order valence-corrected chi connectivity index (χ2v) is 5.65. The smallest absolute Gasteiger partial charge is 0.238 e. The van der Waals surface area contributed by atoms with Gasteiger partial charge in [-0.1, -0.05) is 11.6 Å². The number of rotatable bonds is 8. The number of hydrogen-bond acceptors (Lipinski definition) is 4. The second kappa shape index (κ2) is 9.20. The van der Waals surface area contributed by atoms with Crippen molar-refractivity contribution in [1.82, 2.24) is 5.32 Å². The predicted molar refractivity (Wildman–Crippen MR) is 92.2 cm³/mol. The molecule has 0 saturated heterocycles. The fourth-order valence-electron chi connectivity index (χ4n) is 2.70. The molecule has 1 aromatic carbocycles. The molecule has 0 aliphatic heterocycles. The van der Waals surface area contributed by atoms with Crippen LogP contribution in [0.1, 0.15) is 32.1 Å². The van der Waals surface area contributed by atoms with E-state index < -0.39 is 0 Å². The first-order chi connectivity index (χ1) is 11.2. The third-order valence-electron chi connectivity index (χ3n) is 3.96. The molecule has 0 unspecified atom stereocenters. The van der Waals surface area contributed by atoms with Crippen LogP contribution >= 0.6 is 0 Å². The topological polar surface area (TPSA) is 59.6 Å². The molecule has 23 heavy (non-hydrogen) atoms. The molecule has 0 radical (unpaired) electrons. The third-order valence-corrected chi connectivity index (χ3v) is 3.96. The van der Waals surface area contributed by atoms with Crippen LogP contribution < -0.4 is 20.1 Å². The van der Waals surface area contributed by atoms with Crippen LogP contribution in [0.15, 0.2) is 29.8 Å². The van der Waals surface area contributed by atoms with E-state index >= 15 is 0 Å². The zero-order valence-corrected chi connectivity index (χ0v) is 14.0. The summed E-state index contributed by atoms with van der Waals surface area (Å²) < 4.78 is 10.4. The summed E-state index contributed by atoms with van der Waals surface area (Å²) in [6.45, 7) is 1.15. The molecule has 1 amide bonds. The van der Waals surface area contributed by atoms with Crippen LogP contribution in [0.4, 0.5) is 5.69 Å². The monoisotopic (exact) mass is 318 g/mol. The van der Waals surface area contributed by atoms with E-state index in [1.807, 2.05) is 0 Å².